The van der Waals surface area contributed by atoms with E-state index >= 15 is 0 Å². The van der Waals surface area contributed by atoms with Gasteiger partial charge in [0.1, 0.15) is 0 Å². The zero-order valence-corrected chi connectivity index (χ0v) is 11.5. The molecule has 0 bridgehead atoms. The summed E-state index contributed by atoms with van der Waals surface area (Å²) in [6, 6.07) is 14.6. The van der Waals surface area contributed by atoms with Gasteiger partial charge in [-0.05, 0) is 31.0 Å². The molecule has 102 valence electrons. The molecular weight excluding hydrogens is 248 g/mol. The van der Waals surface area contributed by atoms with E-state index in [9.17, 15) is 4.79 Å². The number of nitrogens with one attached hydrogen (secondary N) is 1. The second kappa shape index (κ2) is 5.45. The number of aromatic nitrogens is 1. The Morgan fingerprint density at radius 1 is 1.25 bits per heavy atom. The number of carbonyl (C=O) groups is 1. The summed E-state index contributed by atoms with van der Waals surface area (Å²) in [6.45, 7) is 2.09. The van der Waals surface area contributed by atoms with Crippen molar-refractivity contribution < 1.29 is 4.79 Å². The van der Waals surface area contributed by atoms with Crippen molar-refractivity contribution in [2.45, 2.75) is 31.7 Å². The fraction of sp³-hybridized carbons (Fsp3) is 0.294. The van der Waals surface area contributed by atoms with Gasteiger partial charge in [-0.15, -0.1) is 0 Å². The van der Waals surface area contributed by atoms with Crippen molar-refractivity contribution in [2.75, 3.05) is 0 Å². The third-order valence-electron chi connectivity index (χ3n) is 3.84. The van der Waals surface area contributed by atoms with Crippen molar-refractivity contribution in [3.63, 3.8) is 0 Å². The molecule has 3 nitrogen and oxygen atoms in total. The van der Waals surface area contributed by atoms with Crippen LogP contribution in [0.5, 0.6) is 0 Å². The molecule has 1 aliphatic rings. The number of hydrogen-bond donors (Lipinski definition) is 1. The molecule has 1 aromatic carbocycles. The topological polar surface area (TPSA) is 42.0 Å². The van der Waals surface area contributed by atoms with Gasteiger partial charge in [0, 0.05) is 30.3 Å². The van der Waals surface area contributed by atoms with Crippen LogP contribution in [0.2, 0.25) is 0 Å². The molecule has 2 atom stereocenters. The van der Waals surface area contributed by atoms with Crippen molar-refractivity contribution >= 4 is 5.91 Å². The highest BCUT2D eigenvalue weighted by Crippen LogP contribution is 2.31. The summed E-state index contributed by atoms with van der Waals surface area (Å²) in [7, 11) is 0. The number of hydrogen-bond acceptors (Lipinski definition) is 2. The number of aryl methyl sites for hydroxylation is 1. The van der Waals surface area contributed by atoms with Gasteiger partial charge in [-0.1, -0.05) is 35.9 Å². The van der Waals surface area contributed by atoms with Crippen LogP contribution in [0, 0.1) is 6.92 Å². The number of pyridine rings is 1. The molecule has 2 heterocycles. The first-order valence-electron chi connectivity index (χ1n) is 7.01. The average molecular weight is 266 g/mol. The Morgan fingerprint density at radius 3 is 2.80 bits per heavy atom. The average Bonchev–Trinajstić information content (AvgIpc) is 2.87. The first-order chi connectivity index (χ1) is 9.74. The van der Waals surface area contributed by atoms with Crippen molar-refractivity contribution in [1.29, 1.82) is 0 Å². The molecule has 0 unspecified atom stereocenters. The maximum absolute atomic E-state index is 11.6. The Morgan fingerprint density at radius 2 is 2.15 bits per heavy atom. The van der Waals surface area contributed by atoms with Gasteiger partial charge in [0.05, 0.1) is 0 Å². The predicted octanol–water partition coefficient (Wildman–Crippen LogP) is 2.80. The SMILES string of the molecule is Cc1cccc([C@@H](c2ccccn2)[C@H]2CCC(=O)N2)c1. The van der Waals surface area contributed by atoms with Gasteiger partial charge >= 0.3 is 0 Å². The molecule has 3 rings (SSSR count). The fourth-order valence-electron chi connectivity index (χ4n) is 2.92. The lowest BCUT2D eigenvalue weighted by Gasteiger charge is -2.24. The summed E-state index contributed by atoms with van der Waals surface area (Å²) in [6.07, 6.45) is 3.29. The van der Waals surface area contributed by atoms with E-state index in [-0.39, 0.29) is 17.9 Å². The van der Waals surface area contributed by atoms with Crippen molar-refractivity contribution in [1.82, 2.24) is 10.3 Å². The van der Waals surface area contributed by atoms with Crippen LogP contribution >= 0.6 is 0 Å². The molecule has 1 fully saturated rings. The minimum atomic E-state index is 0.127. The van der Waals surface area contributed by atoms with Crippen LogP contribution in [0.4, 0.5) is 0 Å². The van der Waals surface area contributed by atoms with Crippen LogP contribution in [-0.4, -0.2) is 16.9 Å². The molecular formula is C17H18N2O. The number of nitrogens with zero attached hydrogens (tertiary/aromatic N) is 1. The van der Waals surface area contributed by atoms with E-state index in [1.165, 1.54) is 11.1 Å². The third-order valence-corrected chi connectivity index (χ3v) is 3.84. The van der Waals surface area contributed by atoms with Gasteiger partial charge < -0.3 is 5.32 Å². The summed E-state index contributed by atoms with van der Waals surface area (Å²) in [5.74, 6) is 0.270. The van der Waals surface area contributed by atoms with Crippen LogP contribution in [0.3, 0.4) is 0 Å². The van der Waals surface area contributed by atoms with Crippen molar-refractivity contribution in [3.8, 4) is 0 Å². The van der Waals surface area contributed by atoms with Gasteiger partial charge in [-0.2, -0.15) is 0 Å². The van der Waals surface area contributed by atoms with E-state index in [1.54, 1.807) is 0 Å². The molecule has 0 saturated carbocycles. The Balaban J connectivity index is 2.01. The summed E-state index contributed by atoms with van der Waals surface area (Å²) in [4.78, 5) is 16.1. The smallest absolute Gasteiger partial charge is 0.220 e. The van der Waals surface area contributed by atoms with Gasteiger partial charge in [-0.3, -0.25) is 9.78 Å². The van der Waals surface area contributed by atoms with Gasteiger partial charge in [0.25, 0.3) is 0 Å². The highest BCUT2D eigenvalue weighted by atomic mass is 16.1. The highest BCUT2D eigenvalue weighted by molar-refractivity contribution is 5.78. The zero-order valence-electron chi connectivity index (χ0n) is 11.5. The molecule has 0 aliphatic carbocycles. The molecule has 3 heteroatoms. The molecule has 0 radical (unpaired) electrons. The Hall–Kier alpha value is -2.16. The van der Waals surface area contributed by atoms with Gasteiger partial charge in [-0.25, -0.2) is 0 Å². The third kappa shape index (κ3) is 2.57. The second-order valence-electron chi connectivity index (χ2n) is 5.36. The first kappa shape index (κ1) is 12.9. The molecule has 0 spiro atoms. The van der Waals surface area contributed by atoms with Crippen LogP contribution in [0.1, 0.15) is 35.6 Å². The fourth-order valence-corrected chi connectivity index (χ4v) is 2.92. The molecule has 1 aromatic heterocycles. The van der Waals surface area contributed by atoms with E-state index in [0.717, 1.165) is 12.1 Å². The quantitative estimate of drug-likeness (QED) is 0.928. The summed E-state index contributed by atoms with van der Waals surface area (Å²) < 4.78 is 0. The predicted molar refractivity (Wildman–Crippen MR) is 78.4 cm³/mol. The minimum absolute atomic E-state index is 0.127. The van der Waals surface area contributed by atoms with E-state index in [2.05, 4.69) is 41.5 Å². The largest absolute Gasteiger partial charge is 0.352 e. The minimum Gasteiger partial charge on any atom is -0.352 e. The molecule has 1 saturated heterocycles. The van der Waals surface area contributed by atoms with Gasteiger partial charge in [0.15, 0.2) is 0 Å². The lowest BCUT2D eigenvalue weighted by molar-refractivity contribution is -0.119. The first-order valence-corrected chi connectivity index (χ1v) is 7.01. The van der Waals surface area contributed by atoms with Crippen molar-refractivity contribution in [3.05, 3.63) is 65.5 Å². The van der Waals surface area contributed by atoms with E-state index < -0.39 is 0 Å². The van der Waals surface area contributed by atoms with Crippen LogP contribution in [0.25, 0.3) is 0 Å². The number of benzene rings is 1. The van der Waals surface area contributed by atoms with E-state index in [1.807, 2.05) is 24.4 Å². The monoisotopic (exact) mass is 266 g/mol. The summed E-state index contributed by atoms with van der Waals surface area (Å²) in [5, 5.41) is 3.09. The van der Waals surface area contributed by atoms with Gasteiger partial charge in [0.2, 0.25) is 5.91 Å². The van der Waals surface area contributed by atoms with Crippen molar-refractivity contribution in [2.24, 2.45) is 0 Å². The number of carbonyl (C=O) groups excluding carboxylic acids is 1. The normalized spacial score (nSPS) is 19.6. The standard InChI is InChI=1S/C17H18N2O/c1-12-5-4-6-13(11-12)17(14-7-2-3-10-18-14)15-8-9-16(20)19-15/h2-7,10-11,15,17H,8-9H2,1H3,(H,19,20)/t15-,17+/m1/s1. The van der Waals surface area contributed by atoms with Crippen LogP contribution in [-0.2, 0) is 4.79 Å². The lowest BCUT2D eigenvalue weighted by atomic mass is 9.86. The molecule has 2 aromatic rings. The summed E-state index contributed by atoms with van der Waals surface area (Å²) >= 11 is 0. The Kier molecular flexibility index (Phi) is 3.50. The van der Waals surface area contributed by atoms with Crippen LogP contribution in [0.15, 0.2) is 48.7 Å². The summed E-state index contributed by atoms with van der Waals surface area (Å²) in [5.41, 5.74) is 3.47. The van der Waals surface area contributed by atoms with E-state index in [0.29, 0.717) is 6.42 Å². The second-order valence-corrected chi connectivity index (χ2v) is 5.36. The maximum Gasteiger partial charge on any atom is 0.220 e. The lowest BCUT2D eigenvalue weighted by Crippen LogP contribution is -2.32. The Bertz CT molecular complexity index is 609. The zero-order chi connectivity index (χ0) is 13.9. The molecule has 1 aliphatic heterocycles. The number of amides is 1. The maximum atomic E-state index is 11.6. The van der Waals surface area contributed by atoms with E-state index in [4.69, 9.17) is 0 Å². The molecule has 1 amide bonds. The molecule has 1 N–H and O–H groups in total. The van der Waals surface area contributed by atoms with Crippen LogP contribution < -0.4 is 5.32 Å². The Labute approximate surface area is 119 Å². The number of rotatable bonds is 3. The highest BCUT2D eigenvalue weighted by Gasteiger charge is 2.31. The molecule has 20 heavy (non-hydrogen) atoms.